The van der Waals surface area contributed by atoms with Gasteiger partial charge in [-0.25, -0.2) is 8.42 Å². The summed E-state index contributed by atoms with van der Waals surface area (Å²) >= 11 is 12.3. The number of halogens is 2. The highest BCUT2D eigenvalue weighted by Crippen LogP contribution is 2.28. The standard InChI is InChI=1S/C29H33Cl2N3O5S/c1-5-27(29(36)32-20(2)3)33(18-21-11-16-25(30)26(31)17-21)28(35)19-34(22-12-14-23(39-4)15-13-22)40(37,38)24-9-7-6-8-10-24/h6-17,20,27H,5,18-19H2,1-4H3,(H,32,36). The minimum Gasteiger partial charge on any atom is -0.497 e. The van der Waals surface area contributed by atoms with Crippen molar-refractivity contribution in [3.05, 3.63) is 88.4 Å². The zero-order chi connectivity index (χ0) is 29.4. The normalized spacial score (nSPS) is 12.1. The van der Waals surface area contributed by atoms with E-state index in [1.54, 1.807) is 67.6 Å². The summed E-state index contributed by atoms with van der Waals surface area (Å²) in [6.45, 7) is 4.92. The zero-order valence-corrected chi connectivity index (χ0v) is 25.1. The largest absolute Gasteiger partial charge is 0.497 e. The van der Waals surface area contributed by atoms with Crippen molar-refractivity contribution in [2.75, 3.05) is 18.0 Å². The van der Waals surface area contributed by atoms with Crippen LogP contribution in [0, 0.1) is 0 Å². The second-order valence-corrected chi connectivity index (χ2v) is 12.1. The Morgan fingerprint density at radius 1 is 0.950 bits per heavy atom. The Bertz CT molecular complexity index is 1420. The van der Waals surface area contributed by atoms with E-state index >= 15 is 0 Å². The first-order valence-corrected chi connectivity index (χ1v) is 14.9. The highest BCUT2D eigenvalue weighted by atomic mass is 35.5. The number of carbonyl (C=O) groups excluding carboxylic acids is 2. The topological polar surface area (TPSA) is 96.0 Å². The number of carbonyl (C=O) groups is 2. The monoisotopic (exact) mass is 605 g/mol. The molecule has 3 rings (SSSR count). The number of ether oxygens (including phenoxy) is 1. The number of amides is 2. The number of nitrogens with zero attached hydrogens (tertiary/aromatic N) is 2. The number of rotatable bonds is 12. The van der Waals surface area contributed by atoms with Gasteiger partial charge in [0.05, 0.1) is 27.7 Å². The number of anilines is 1. The lowest BCUT2D eigenvalue weighted by Gasteiger charge is -2.33. The molecule has 0 bridgehead atoms. The number of sulfonamides is 1. The molecule has 40 heavy (non-hydrogen) atoms. The smallest absolute Gasteiger partial charge is 0.264 e. The summed E-state index contributed by atoms with van der Waals surface area (Å²) in [7, 11) is -2.65. The molecule has 0 aliphatic heterocycles. The molecule has 1 atom stereocenters. The van der Waals surface area contributed by atoms with Gasteiger partial charge in [0.1, 0.15) is 18.3 Å². The first kappa shape index (κ1) is 31.3. The maximum absolute atomic E-state index is 14.0. The molecular weight excluding hydrogens is 573 g/mol. The van der Waals surface area contributed by atoms with Gasteiger partial charge in [-0.05, 0) is 74.4 Å². The van der Waals surface area contributed by atoms with Crippen LogP contribution in [-0.2, 0) is 26.2 Å². The van der Waals surface area contributed by atoms with Crippen molar-refractivity contribution >= 4 is 50.7 Å². The molecule has 8 nitrogen and oxygen atoms in total. The Labute approximate surface area is 245 Å². The molecule has 3 aromatic carbocycles. The van der Waals surface area contributed by atoms with E-state index in [0.717, 1.165) is 4.31 Å². The van der Waals surface area contributed by atoms with Gasteiger partial charge in [-0.2, -0.15) is 0 Å². The summed E-state index contributed by atoms with van der Waals surface area (Å²) in [4.78, 5) is 28.6. The van der Waals surface area contributed by atoms with Gasteiger partial charge in [-0.3, -0.25) is 13.9 Å². The zero-order valence-electron chi connectivity index (χ0n) is 22.8. The van der Waals surface area contributed by atoms with E-state index in [9.17, 15) is 18.0 Å². The third-order valence-electron chi connectivity index (χ3n) is 6.12. The van der Waals surface area contributed by atoms with E-state index in [0.29, 0.717) is 27.8 Å². The molecule has 0 radical (unpaired) electrons. The van der Waals surface area contributed by atoms with Crippen molar-refractivity contribution in [1.82, 2.24) is 10.2 Å². The van der Waals surface area contributed by atoms with Crippen LogP contribution in [0.4, 0.5) is 5.69 Å². The number of methoxy groups -OCH3 is 1. The van der Waals surface area contributed by atoms with E-state index in [4.69, 9.17) is 27.9 Å². The van der Waals surface area contributed by atoms with Crippen LogP contribution in [0.15, 0.2) is 77.7 Å². The Hall–Kier alpha value is -3.27. The van der Waals surface area contributed by atoms with Crippen LogP contribution in [0.25, 0.3) is 0 Å². The van der Waals surface area contributed by atoms with Gasteiger partial charge in [-0.1, -0.05) is 54.4 Å². The second-order valence-electron chi connectivity index (χ2n) is 9.38. The number of hydrogen-bond donors (Lipinski definition) is 1. The van der Waals surface area contributed by atoms with E-state index in [-0.39, 0.29) is 29.1 Å². The minimum atomic E-state index is -4.15. The summed E-state index contributed by atoms with van der Waals surface area (Å²) in [6, 6.07) is 18.2. The molecule has 0 fully saturated rings. The average molecular weight is 607 g/mol. The Morgan fingerprint density at radius 2 is 1.60 bits per heavy atom. The molecule has 2 amide bonds. The van der Waals surface area contributed by atoms with E-state index in [2.05, 4.69) is 5.32 Å². The molecule has 0 saturated carbocycles. The molecule has 0 spiro atoms. The van der Waals surface area contributed by atoms with Gasteiger partial charge < -0.3 is 15.0 Å². The maximum atomic E-state index is 14.0. The van der Waals surface area contributed by atoms with E-state index in [1.165, 1.54) is 24.1 Å². The minimum absolute atomic E-state index is 0.0155. The predicted molar refractivity (Wildman–Crippen MR) is 158 cm³/mol. The van der Waals surface area contributed by atoms with Crippen molar-refractivity contribution in [2.24, 2.45) is 0 Å². The molecule has 0 aromatic heterocycles. The average Bonchev–Trinajstić information content (AvgIpc) is 2.93. The first-order chi connectivity index (χ1) is 19.0. The summed E-state index contributed by atoms with van der Waals surface area (Å²) in [5.41, 5.74) is 0.910. The third kappa shape index (κ3) is 7.68. The van der Waals surface area contributed by atoms with Gasteiger partial charge >= 0.3 is 0 Å². The van der Waals surface area contributed by atoms with Crippen LogP contribution >= 0.6 is 23.2 Å². The van der Waals surface area contributed by atoms with Crippen molar-refractivity contribution in [1.29, 1.82) is 0 Å². The van der Waals surface area contributed by atoms with Gasteiger partial charge in [-0.15, -0.1) is 0 Å². The lowest BCUT2D eigenvalue weighted by Crippen LogP contribution is -2.53. The van der Waals surface area contributed by atoms with Crippen LogP contribution < -0.4 is 14.4 Å². The fraction of sp³-hybridized carbons (Fsp3) is 0.310. The molecule has 0 saturated heterocycles. The summed E-state index contributed by atoms with van der Waals surface area (Å²) in [5.74, 6) is -0.371. The summed E-state index contributed by atoms with van der Waals surface area (Å²) < 4.78 is 33.9. The highest BCUT2D eigenvalue weighted by Gasteiger charge is 2.34. The summed E-state index contributed by atoms with van der Waals surface area (Å²) in [5, 5.41) is 3.52. The number of benzene rings is 3. The van der Waals surface area contributed by atoms with Gasteiger partial charge in [0.15, 0.2) is 0 Å². The Morgan fingerprint density at radius 3 is 2.15 bits per heavy atom. The van der Waals surface area contributed by atoms with E-state index in [1.807, 2.05) is 13.8 Å². The Balaban J connectivity index is 2.07. The molecule has 0 heterocycles. The number of nitrogens with one attached hydrogen (secondary N) is 1. The lowest BCUT2D eigenvalue weighted by atomic mass is 10.1. The molecular formula is C29H33Cl2N3O5S. The molecule has 0 aliphatic rings. The molecule has 0 aliphatic carbocycles. The molecule has 1 unspecified atom stereocenters. The fourth-order valence-corrected chi connectivity index (χ4v) is 5.89. The van der Waals surface area contributed by atoms with Crippen LogP contribution in [0.3, 0.4) is 0 Å². The van der Waals surface area contributed by atoms with Gasteiger partial charge in [0, 0.05) is 12.6 Å². The molecule has 1 N–H and O–H groups in total. The van der Waals surface area contributed by atoms with E-state index < -0.39 is 28.5 Å². The fourth-order valence-electron chi connectivity index (χ4n) is 4.13. The van der Waals surface area contributed by atoms with Crippen LogP contribution in [0.5, 0.6) is 5.75 Å². The van der Waals surface area contributed by atoms with Crippen molar-refractivity contribution < 1.29 is 22.7 Å². The molecule has 214 valence electrons. The highest BCUT2D eigenvalue weighted by molar-refractivity contribution is 7.92. The lowest BCUT2D eigenvalue weighted by molar-refractivity contribution is -0.140. The van der Waals surface area contributed by atoms with Crippen LogP contribution in [0.1, 0.15) is 32.8 Å². The quantitative estimate of drug-likeness (QED) is 0.293. The maximum Gasteiger partial charge on any atom is 0.264 e. The predicted octanol–water partition coefficient (Wildman–Crippen LogP) is 5.53. The van der Waals surface area contributed by atoms with Gasteiger partial charge in [0.2, 0.25) is 11.8 Å². The van der Waals surface area contributed by atoms with Crippen LogP contribution in [-0.4, -0.2) is 50.9 Å². The van der Waals surface area contributed by atoms with Crippen molar-refractivity contribution in [2.45, 2.75) is 50.7 Å². The van der Waals surface area contributed by atoms with Crippen molar-refractivity contribution in [3.8, 4) is 5.75 Å². The first-order valence-electron chi connectivity index (χ1n) is 12.7. The van der Waals surface area contributed by atoms with Crippen LogP contribution in [0.2, 0.25) is 10.0 Å². The molecule has 3 aromatic rings. The third-order valence-corrected chi connectivity index (χ3v) is 8.65. The van der Waals surface area contributed by atoms with Gasteiger partial charge in [0.25, 0.3) is 10.0 Å². The summed E-state index contributed by atoms with van der Waals surface area (Å²) in [6.07, 6.45) is 0.305. The SMILES string of the molecule is CCC(C(=O)NC(C)C)N(Cc1ccc(Cl)c(Cl)c1)C(=O)CN(c1ccc(OC)cc1)S(=O)(=O)c1ccccc1. The number of hydrogen-bond acceptors (Lipinski definition) is 5. The second kappa shape index (κ2) is 13.9. The Kier molecular flexibility index (Phi) is 10.8. The molecule has 11 heteroatoms. The van der Waals surface area contributed by atoms with Crippen molar-refractivity contribution in [3.63, 3.8) is 0 Å².